The van der Waals surface area contributed by atoms with Crippen molar-refractivity contribution in [2.75, 3.05) is 0 Å². The van der Waals surface area contributed by atoms with E-state index >= 15 is 0 Å². The molecule has 174 valence electrons. The van der Waals surface area contributed by atoms with Crippen LogP contribution >= 0.6 is 11.3 Å². The summed E-state index contributed by atoms with van der Waals surface area (Å²) in [6.45, 7) is 0. The zero-order valence-electron chi connectivity index (χ0n) is 20.0. The molecule has 0 spiro atoms. The number of aromatic nitrogens is 1. The van der Waals surface area contributed by atoms with Gasteiger partial charge in [-0.3, -0.25) is 0 Å². The lowest BCUT2D eigenvalue weighted by Gasteiger charge is -2.11. The molecule has 1 aliphatic carbocycles. The fourth-order valence-electron chi connectivity index (χ4n) is 6.46. The number of benzene rings is 5. The monoisotopic (exact) mass is 491 g/mol. The van der Waals surface area contributed by atoms with Crippen molar-refractivity contribution in [2.45, 2.75) is 12.8 Å². The van der Waals surface area contributed by atoms with Crippen molar-refractivity contribution in [1.82, 2.24) is 4.57 Å². The second-order valence-corrected chi connectivity index (χ2v) is 11.0. The van der Waals surface area contributed by atoms with Crippen LogP contribution in [0.25, 0.3) is 82.4 Å². The summed E-state index contributed by atoms with van der Waals surface area (Å²) in [6.07, 6.45) is 7.09. The van der Waals surface area contributed by atoms with E-state index < -0.39 is 0 Å². The van der Waals surface area contributed by atoms with Crippen molar-refractivity contribution < 1.29 is 4.42 Å². The maximum Gasteiger partial charge on any atom is 0.159 e. The molecule has 9 rings (SSSR count). The van der Waals surface area contributed by atoms with E-state index in [-0.39, 0.29) is 0 Å². The molecule has 0 atom stereocenters. The molecule has 0 radical (unpaired) electrons. The molecular weight excluding hydrogens is 470 g/mol. The molecule has 5 aromatic carbocycles. The predicted molar refractivity (Wildman–Crippen MR) is 158 cm³/mol. The Kier molecular flexibility index (Phi) is 3.81. The summed E-state index contributed by atoms with van der Waals surface area (Å²) >= 11 is 1.92. The van der Waals surface area contributed by atoms with Gasteiger partial charge in [0.2, 0.25) is 0 Å². The van der Waals surface area contributed by atoms with Gasteiger partial charge in [-0.05, 0) is 47.7 Å². The maximum atomic E-state index is 6.52. The second kappa shape index (κ2) is 7.12. The van der Waals surface area contributed by atoms with E-state index in [4.69, 9.17) is 4.42 Å². The van der Waals surface area contributed by atoms with E-state index in [1.54, 1.807) is 0 Å². The van der Waals surface area contributed by atoms with Gasteiger partial charge in [0.15, 0.2) is 5.58 Å². The van der Waals surface area contributed by atoms with E-state index in [9.17, 15) is 0 Å². The summed E-state index contributed by atoms with van der Waals surface area (Å²) in [5.74, 6) is 0. The molecule has 3 heteroatoms. The van der Waals surface area contributed by atoms with Gasteiger partial charge in [0.25, 0.3) is 0 Å². The molecule has 8 aromatic rings. The van der Waals surface area contributed by atoms with E-state index in [0.717, 1.165) is 40.5 Å². The Morgan fingerprint density at radius 1 is 0.622 bits per heavy atom. The van der Waals surface area contributed by atoms with Gasteiger partial charge in [-0.1, -0.05) is 78.9 Å². The molecule has 0 bridgehead atoms. The SMILES string of the molecule is C1=c2sc3ccc4c(ccc5c6ccccc6n(-c6cccc7c6oc6ccccc67)c45)c3c2=CCC1. The molecule has 0 saturated heterocycles. The standard InChI is InChI=1S/C34H21NOS/c1-4-12-27-20(8-1)23-17-16-22-24(18-19-31-32(22)26-10-3-6-15-30(26)37-31)33(23)35(27)28-13-7-11-25-21-9-2-5-14-29(21)36-34(25)28/h1-2,4-5,7-19H,3,6H2. The minimum Gasteiger partial charge on any atom is -0.454 e. The number of nitrogens with zero attached hydrogens (tertiary/aromatic N) is 1. The summed E-state index contributed by atoms with van der Waals surface area (Å²) in [7, 11) is 0. The van der Waals surface area contributed by atoms with Crippen LogP contribution in [0.4, 0.5) is 0 Å². The number of hydrogen-bond donors (Lipinski definition) is 0. The van der Waals surface area contributed by atoms with Crippen LogP contribution in [0.2, 0.25) is 0 Å². The molecule has 0 saturated carbocycles. The third-order valence-corrected chi connectivity index (χ3v) is 9.18. The van der Waals surface area contributed by atoms with Crippen LogP contribution in [0.15, 0.2) is 95.4 Å². The Hall–Kier alpha value is -4.34. The number of rotatable bonds is 1. The molecule has 0 amide bonds. The van der Waals surface area contributed by atoms with Gasteiger partial charge >= 0.3 is 0 Å². The number of para-hydroxylation sites is 3. The van der Waals surface area contributed by atoms with Gasteiger partial charge in [-0.15, -0.1) is 11.3 Å². The molecule has 3 heterocycles. The minimum absolute atomic E-state index is 0.925. The van der Waals surface area contributed by atoms with Crippen LogP contribution < -0.4 is 9.75 Å². The maximum absolute atomic E-state index is 6.52. The quantitative estimate of drug-likeness (QED) is 0.225. The normalized spacial score (nSPS) is 13.6. The first-order valence-electron chi connectivity index (χ1n) is 12.9. The average molecular weight is 492 g/mol. The summed E-state index contributed by atoms with van der Waals surface area (Å²) in [6, 6.07) is 32.9. The molecular formula is C34H21NOS. The summed E-state index contributed by atoms with van der Waals surface area (Å²) < 4.78 is 11.7. The Morgan fingerprint density at radius 2 is 1.38 bits per heavy atom. The minimum atomic E-state index is 0.925. The smallest absolute Gasteiger partial charge is 0.159 e. The van der Waals surface area contributed by atoms with Crippen molar-refractivity contribution in [3.63, 3.8) is 0 Å². The first-order chi connectivity index (χ1) is 18.4. The first-order valence-corrected chi connectivity index (χ1v) is 13.7. The Labute approximate surface area is 216 Å². The zero-order valence-corrected chi connectivity index (χ0v) is 20.8. The highest BCUT2D eigenvalue weighted by Crippen LogP contribution is 2.41. The van der Waals surface area contributed by atoms with Gasteiger partial charge in [-0.25, -0.2) is 0 Å². The third-order valence-electron chi connectivity index (χ3n) is 8.02. The second-order valence-electron chi connectivity index (χ2n) is 9.97. The fourth-order valence-corrected chi connectivity index (χ4v) is 7.65. The van der Waals surface area contributed by atoms with E-state index in [1.165, 1.54) is 52.4 Å². The highest BCUT2D eigenvalue weighted by Gasteiger charge is 2.20. The van der Waals surface area contributed by atoms with Gasteiger partial charge in [0.1, 0.15) is 5.58 Å². The Morgan fingerprint density at radius 3 is 2.35 bits per heavy atom. The Balaban J connectivity index is 1.52. The van der Waals surface area contributed by atoms with Crippen molar-refractivity contribution >= 4 is 88.1 Å². The van der Waals surface area contributed by atoms with Gasteiger partial charge in [-0.2, -0.15) is 0 Å². The lowest BCUT2D eigenvalue weighted by atomic mass is 10.0. The number of thiophene rings is 1. The molecule has 37 heavy (non-hydrogen) atoms. The Bertz CT molecular complexity index is 2360. The number of furan rings is 1. The molecule has 0 N–H and O–H groups in total. The lowest BCUT2D eigenvalue weighted by molar-refractivity contribution is 0.666. The van der Waals surface area contributed by atoms with Crippen LogP contribution in [-0.4, -0.2) is 4.57 Å². The van der Waals surface area contributed by atoms with Crippen molar-refractivity contribution in [2.24, 2.45) is 0 Å². The van der Waals surface area contributed by atoms with Gasteiger partial charge in [0.05, 0.1) is 16.7 Å². The molecule has 1 aliphatic rings. The summed E-state index contributed by atoms with van der Waals surface area (Å²) in [4.78, 5) is 0. The highest BCUT2D eigenvalue weighted by atomic mass is 32.1. The lowest BCUT2D eigenvalue weighted by Crippen LogP contribution is -2.20. The van der Waals surface area contributed by atoms with Crippen LogP contribution in [0, 0.1) is 0 Å². The largest absolute Gasteiger partial charge is 0.454 e. The van der Waals surface area contributed by atoms with E-state index in [2.05, 4.69) is 102 Å². The molecule has 2 nitrogen and oxygen atoms in total. The van der Waals surface area contributed by atoms with E-state index in [0.29, 0.717) is 0 Å². The van der Waals surface area contributed by atoms with Gasteiger partial charge < -0.3 is 8.98 Å². The van der Waals surface area contributed by atoms with Crippen LogP contribution in [0.5, 0.6) is 0 Å². The molecule has 3 aromatic heterocycles. The topological polar surface area (TPSA) is 18.1 Å². The summed E-state index contributed by atoms with van der Waals surface area (Å²) in [5.41, 5.74) is 5.38. The predicted octanol–water partition coefficient (Wildman–Crippen LogP) is 8.41. The van der Waals surface area contributed by atoms with Gasteiger partial charge in [0, 0.05) is 41.5 Å². The number of fused-ring (bicyclic) bond motifs is 12. The average Bonchev–Trinajstić information content (AvgIpc) is 3.62. The third kappa shape index (κ3) is 2.54. The fraction of sp³-hybridized carbons (Fsp3) is 0.0588. The number of hydrogen-bond acceptors (Lipinski definition) is 2. The highest BCUT2D eigenvalue weighted by molar-refractivity contribution is 7.17. The van der Waals surface area contributed by atoms with Crippen LogP contribution in [-0.2, 0) is 0 Å². The molecule has 0 unspecified atom stereocenters. The molecule has 0 aliphatic heterocycles. The van der Waals surface area contributed by atoms with Crippen molar-refractivity contribution in [3.05, 3.63) is 101 Å². The zero-order chi connectivity index (χ0) is 24.1. The van der Waals surface area contributed by atoms with Crippen molar-refractivity contribution in [1.29, 1.82) is 0 Å². The first kappa shape index (κ1) is 19.8. The molecule has 0 fully saturated rings. The van der Waals surface area contributed by atoms with Crippen molar-refractivity contribution in [3.8, 4) is 5.69 Å². The van der Waals surface area contributed by atoms with Crippen LogP contribution in [0.1, 0.15) is 12.8 Å². The van der Waals surface area contributed by atoms with E-state index in [1.807, 2.05) is 17.4 Å². The summed E-state index contributed by atoms with van der Waals surface area (Å²) in [5, 5.41) is 10.3. The van der Waals surface area contributed by atoms with Crippen LogP contribution in [0.3, 0.4) is 0 Å².